The topological polar surface area (TPSA) is 45.2 Å². The van der Waals surface area contributed by atoms with Gasteiger partial charge in [0.25, 0.3) is 0 Å². The van der Waals surface area contributed by atoms with E-state index < -0.39 is 0 Å². The molecule has 0 aromatic carbocycles. The van der Waals surface area contributed by atoms with Crippen LogP contribution in [0.3, 0.4) is 0 Å². The first-order chi connectivity index (χ1) is 11.5. The van der Waals surface area contributed by atoms with Crippen molar-refractivity contribution in [2.45, 2.75) is 39.3 Å². The summed E-state index contributed by atoms with van der Waals surface area (Å²) in [4.78, 5) is 17.4. The van der Waals surface area contributed by atoms with E-state index in [0.29, 0.717) is 24.1 Å². The van der Waals surface area contributed by atoms with Gasteiger partial charge in [-0.2, -0.15) is 0 Å². The third kappa shape index (κ3) is 3.70. The maximum absolute atomic E-state index is 13.8. The highest BCUT2D eigenvalue weighted by Crippen LogP contribution is 2.20. The van der Waals surface area contributed by atoms with E-state index >= 15 is 0 Å². The molecule has 24 heavy (non-hydrogen) atoms. The van der Waals surface area contributed by atoms with Crippen molar-refractivity contribution < 1.29 is 4.39 Å². The molecule has 0 bridgehead atoms. The van der Waals surface area contributed by atoms with Crippen LogP contribution in [0.1, 0.15) is 38.1 Å². The van der Waals surface area contributed by atoms with E-state index in [9.17, 15) is 4.39 Å². The summed E-state index contributed by atoms with van der Waals surface area (Å²) >= 11 is 0. The molecule has 1 aliphatic rings. The number of nitrogens with zero attached hydrogens (tertiary/aromatic N) is 5. The summed E-state index contributed by atoms with van der Waals surface area (Å²) in [5, 5.41) is 0. The summed E-state index contributed by atoms with van der Waals surface area (Å²) < 4.78 is 13.8. The summed E-state index contributed by atoms with van der Waals surface area (Å²) in [7, 11) is 0. The van der Waals surface area contributed by atoms with Gasteiger partial charge in [-0.25, -0.2) is 14.4 Å². The van der Waals surface area contributed by atoms with Gasteiger partial charge in [-0.3, -0.25) is 9.88 Å². The molecular weight excluding hydrogens is 305 g/mol. The summed E-state index contributed by atoms with van der Waals surface area (Å²) in [6.07, 6.45) is 4.76. The van der Waals surface area contributed by atoms with Gasteiger partial charge >= 0.3 is 0 Å². The third-order valence-corrected chi connectivity index (χ3v) is 4.49. The number of halogens is 1. The maximum Gasteiger partial charge on any atom is 0.145 e. The van der Waals surface area contributed by atoms with Crippen LogP contribution in [0.4, 0.5) is 10.2 Å². The summed E-state index contributed by atoms with van der Waals surface area (Å²) in [6.45, 7) is 9.63. The summed E-state index contributed by atoms with van der Waals surface area (Å²) in [5.41, 5.74) is 0.703. The zero-order chi connectivity index (χ0) is 17.1. The Kier molecular flexibility index (Phi) is 5.04. The van der Waals surface area contributed by atoms with Crippen LogP contribution in [-0.2, 0) is 6.54 Å². The molecule has 128 valence electrons. The zero-order valence-corrected chi connectivity index (χ0v) is 14.5. The number of rotatable bonds is 4. The fourth-order valence-corrected chi connectivity index (χ4v) is 3.01. The van der Waals surface area contributed by atoms with Crippen molar-refractivity contribution in [3.05, 3.63) is 47.9 Å². The van der Waals surface area contributed by atoms with Gasteiger partial charge in [0.1, 0.15) is 17.5 Å². The Morgan fingerprint density at radius 3 is 2.79 bits per heavy atom. The zero-order valence-electron chi connectivity index (χ0n) is 14.5. The fourth-order valence-electron chi connectivity index (χ4n) is 3.01. The molecule has 2 aromatic heterocycles. The molecule has 0 amide bonds. The van der Waals surface area contributed by atoms with Crippen LogP contribution in [0.25, 0.3) is 0 Å². The van der Waals surface area contributed by atoms with Gasteiger partial charge in [0.15, 0.2) is 0 Å². The monoisotopic (exact) mass is 329 g/mol. The van der Waals surface area contributed by atoms with Crippen molar-refractivity contribution in [3.8, 4) is 0 Å². The smallest absolute Gasteiger partial charge is 0.145 e. The van der Waals surface area contributed by atoms with Gasteiger partial charge in [0, 0.05) is 56.1 Å². The molecule has 1 fully saturated rings. The molecule has 2 aromatic rings. The molecule has 1 aliphatic heterocycles. The number of piperazine rings is 1. The lowest BCUT2D eigenvalue weighted by Gasteiger charge is -2.40. The van der Waals surface area contributed by atoms with Crippen LogP contribution in [0, 0.1) is 5.82 Å². The third-order valence-electron chi connectivity index (χ3n) is 4.49. The predicted molar refractivity (Wildman–Crippen MR) is 92.4 cm³/mol. The Labute approximate surface area is 142 Å². The average molecular weight is 329 g/mol. The van der Waals surface area contributed by atoms with Gasteiger partial charge < -0.3 is 4.90 Å². The van der Waals surface area contributed by atoms with E-state index in [1.165, 1.54) is 6.20 Å². The Hall–Kier alpha value is -2.08. The molecule has 1 atom stereocenters. The SMILES string of the molecule is CC(C)c1nccc(N2CCN(Cc3ccncc3F)C(C)C2)n1. The van der Waals surface area contributed by atoms with E-state index in [1.54, 1.807) is 12.3 Å². The number of hydrogen-bond donors (Lipinski definition) is 0. The quantitative estimate of drug-likeness (QED) is 0.863. The highest BCUT2D eigenvalue weighted by atomic mass is 19.1. The molecule has 0 spiro atoms. The van der Waals surface area contributed by atoms with Crippen LogP contribution in [0.5, 0.6) is 0 Å². The normalized spacial score (nSPS) is 19.0. The van der Waals surface area contributed by atoms with E-state index in [0.717, 1.165) is 31.3 Å². The number of aromatic nitrogens is 3. The largest absolute Gasteiger partial charge is 0.354 e. The molecule has 0 saturated carbocycles. The second-order valence-electron chi connectivity index (χ2n) is 6.66. The van der Waals surface area contributed by atoms with Crippen molar-refractivity contribution in [3.63, 3.8) is 0 Å². The summed E-state index contributed by atoms with van der Waals surface area (Å²) in [6, 6.07) is 4.05. The molecule has 1 saturated heterocycles. The minimum atomic E-state index is -0.232. The Morgan fingerprint density at radius 1 is 1.25 bits per heavy atom. The molecule has 3 rings (SSSR count). The minimum Gasteiger partial charge on any atom is -0.354 e. The molecule has 0 aliphatic carbocycles. The molecule has 5 nitrogen and oxygen atoms in total. The van der Waals surface area contributed by atoms with Gasteiger partial charge in [-0.1, -0.05) is 13.8 Å². The number of anilines is 1. The van der Waals surface area contributed by atoms with Gasteiger partial charge in [0.2, 0.25) is 0 Å². The second kappa shape index (κ2) is 7.21. The molecule has 6 heteroatoms. The standard InChI is InChI=1S/C18H24FN5/c1-13(2)18-21-7-5-17(22-18)24-9-8-23(14(3)11-24)12-15-4-6-20-10-16(15)19/h4-7,10,13-14H,8-9,11-12H2,1-3H3. The van der Waals surface area contributed by atoms with E-state index in [2.05, 4.69) is 45.5 Å². The fraction of sp³-hybridized carbons (Fsp3) is 0.500. The van der Waals surface area contributed by atoms with Crippen LogP contribution >= 0.6 is 0 Å². The Balaban J connectivity index is 1.67. The predicted octanol–water partition coefficient (Wildman–Crippen LogP) is 2.84. The molecular formula is C18H24FN5. The Morgan fingerprint density at radius 2 is 2.08 bits per heavy atom. The van der Waals surface area contributed by atoms with E-state index in [1.807, 2.05) is 12.3 Å². The maximum atomic E-state index is 13.8. The number of hydrogen-bond acceptors (Lipinski definition) is 5. The van der Waals surface area contributed by atoms with E-state index in [-0.39, 0.29) is 5.82 Å². The average Bonchev–Trinajstić information content (AvgIpc) is 2.58. The van der Waals surface area contributed by atoms with Crippen molar-refractivity contribution >= 4 is 5.82 Å². The van der Waals surface area contributed by atoms with Crippen molar-refractivity contribution in [2.75, 3.05) is 24.5 Å². The first-order valence-electron chi connectivity index (χ1n) is 8.45. The highest BCUT2D eigenvalue weighted by molar-refractivity contribution is 5.38. The molecule has 0 N–H and O–H groups in total. The van der Waals surface area contributed by atoms with Crippen LogP contribution in [0.15, 0.2) is 30.7 Å². The van der Waals surface area contributed by atoms with Gasteiger partial charge in [0.05, 0.1) is 6.20 Å². The van der Waals surface area contributed by atoms with Gasteiger partial charge in [-0.05, 0) is 19.1 Å². The minimum absolute atomic E-state index is 0.232. The van der Waals surface area contributed by atoms with Crippen LogP contribution in [0.2, 0.25) is 0 Å². The van der Waals surface area contributed by atoms with Crippen molar-refractivity contribution in [1.29, 1.82) is 0 Å². The van der Waals surface area contributed by atoms with Crippen molar-refractivity contribution in [2.24, 2.45) is 0 Å². The first-order valence-corrected chi connectivity index (χ1v) is 8.45. The van der Waals surface area contributed by atoms with Gasteiger partial charge in [-0.15, -0.1) is 0 Å². The molecule has 1 unspecified atom stereocenters. The lowest BCUT2D eigenvalue weighted by molar-refractivity contribution is 0.178. The van der Waals surface area contributed by atoms with Crippen LogP contribution in [-0.4, -0.2) is 45.5 Å². The highest BCUT2D eigenvalue weighted by Gasteiger charge is 2.25. The lowest BCUT2D eigenvalue weighted by Crippen LogP contribution is -2.51. The van der Waals surface area contributed by atoms with Crippen LogP contribution < -0.4 is 4.90 Å². The number of pyridine rings is 1. The summed E-state index contributed by atoms with van der Waals surface area (Å²) in [5.74, 6) is 1.94. The first kappa shape index (κ1) is 16.8. The second-order valence-corrected chi connectivity index (χ2v) is 6.66. The molecule has 0 radical (unpaired) electrons. The molecule has 3 heterocycles. The Bertz CT molecular complexity index is 691. The van der Waals surface area contributed by atoms with Crippen molar-refractivity contribution in [1.82, 2.24) is 19.9 Å². The lowest BCUT2D eigenvalue weighted by atomic mass is 10.1. The van der Waals surface area contributed by atoms with E-state index in [4.69, 9.17) is 0 Å².